The van der Waals surface area contributed by atoms with Crippen molar-refractivity contribution in [1.82, 2.24) is 19.5 Å². The molecule has 0 saturated carbocycles. The summed E-state index contributed by atoms with van der Waals surface area (Å²) in [5.74, 6) is -4.51. The number of benzene rings is 1. The highest BCUT2D eigenvalue weighted by Gasteiger charge is 2.44. The highest BCUT2D eigenvalue weighted by molar-refractivity contribution is 7.70. The minimum absolute atomic E-state index is 0.0971. The zero-order chi connectivity index (χ0) is 28.6. The summed E-state index contributed by atoms with van der Waals surface area (Å²) in [7, 11) is -9.68. The maximum atomic E-state index is 15.3. The maximum absolute atomic E-state index is 15.3. The first-order valence-corrected chi connectivity index (χ1v) is 14.7. The Morgan fingerprint density at radius 2 is 1.85 bits per heavy atom. The van der Waals surface area contributed by atoms with E-state index < -0.39 is 76.4 Å². The molecule has 4 rings (SSSR count). The summed E-state index contributed by atoms with van der Waals surface area (Å²) in [4.78, 5) is 38.4. The summed E-state index contributed by atoms with van der Waals surface area (Å²) in [6.45, 7) is -1.18. The van der Waals surface area contributed by atoms with E-state index in [9.17, 15) is 32.3 Å². The third-order valence-electron chi connectivity index (χ3n) is 5.67. The lowest BCUT2D eigenvalue weighted by molar-refractivity contribution is -0.170. The number of aliphatic hydroxyl groups is 1. The van der Waals surface area contributed by atoms with E-state index in [2.05, 4.69) is 24.8 Å². The number of nitrogens with one attached hydrogen (secondary N) is 1. The van der Waals surface area contributed by atoms with E-state index in [1.54, 1.807) is 30.3 Å². The summed E-state index contributed by atoms with van der Waals surface area (Å²) < 4.78 is 89.7. The molecule has 214 valence electrons. The predicted octanol–water partition coefficient (Wildman–Crippen LogP) is 2.64. The molecule has 0 radical (unpaired) electrons. The summed E-state index contributed by atoms with van der Waals surface area (Å²) in [5.41, 5.74) is 0.193. The molecule has 5 atom stereocenters. The van der Waals surface area contributed by atoms with Gasteiger partial charge in [0.2, 0.25) is 5.82 Å². The van der Waals surface area contributed by atoms with Gasteiger partial charge in [-0.25, -0.2) is 19.3 Å². The second-order valence-corrected chi connectivity index (χ2v) is 12.7. The molecule has 0 spiro atoms. The van der Waals surface area contributed by atoms with Gasteiger partial charge in [-0.1, -0.05) is 30.3 Å². The lowest BCUT2D eigenvalue weighted by atomic mass is 9.96. The number of hydrogen-bond donors (Lipinski definition) is 5. The predicted molar refractivity (Wildman–Crippen MR) is 126 cm³/mol. The van der Waals surface area contributed by atoms with Crippen molar-refractivity contribution in [3.8, 4) is 0 Å². The van der Waals surface area contributed by atoms with Gasteiger partial charge in [0.25, 0.3) is 0 Å². The molecule has 1 unspecified atom stereocenters. The van der Waals surface area contributed by atoms with Gasteiger partial charge >= 0.3 is 21.4 Å². The topological polar surface area (TPSA) is 189 Å². The number of aliphatic hydroxyl groups excluding tert-OH is 1. The molecule has 0 bridgehead atoms. The number of alkyl halides is 4. The Kier molecular flexibility index (Phi) is 8.45. The van der Waals surface area contributed by atoms with Crippen molar-refractivity contribution in [3.05, 3.63) is 48.0 Å². The lowest BCUT2D eigenvalue weighted by Gasteiger charge is -2.36. The molecule has 13 nitrogen and oxygen atoms in total. The molecule has 1 fully saturated rings. The summed E-state index contributed by atoms with van der Waals surface area (Å²) in [6, 6.07) is 8.72. The normalized spacial score (nSPS) is 24.0. The Labute approximate surface area is 217 Å². The molecule has 1 aromatic carbocycles. The van der Waals surface area contributed by atoms with Crippen LogP contribution in [0.1, 0.15) is 17.6 Å². The van der Waals surface area contributed by atoms with Gasteiger partial charge < -0.3 is 34.4 Å². The van der Waals surface area contributed by atoms with Crippen LogP contribution in [-0.2, 0) is 31.1 Å². The SMILES string of the molecule is O=P(O)(O)CP(=O)(O)OC[C@H]1CO[C@@H](n2cnc3c(NCc4ccccc4)nc(C(F)(F)F)nc32)[C@@H](F)[C@@H]1O. The highest BCUT2D eigenvalue weighted by Crippen LogP contribution is 2.55. The molecule has 0 aliphatic carbocycles. The van der Waals surface area contributed by atoms with Gasteiger partial charge in [-0.3, -0.25) is 13.7 Å². The Bertz CT molecular complexity index is 1410. The van der Waals surface area contributed by atoms with Crippen LogP contribution in [0.2, 0.25) is 0 Å². The quantitative estimate of drug-likeness (QED) is 0.179. The van der Waals surface area contributed by atoms with Gasteiger partial charge in [0, 0.05) is 12.5 Å². The third-order valence-corrected chi connectivity index (χ3v) is 9.12. The standard InChI is InChI=1S/C20H23F4N5O8P2/c21-13-15(30)12(8-37-39(34,35)10-38(31,32)33)7-36-18(13)29-9-26-14-16(25-6-11-4-2-1-3-5-11)27-19(20(22,23)24)28-17(14)29/h1-5,9,12-13,15,18,30H,6-8,10H2,(H,34,35)(H,25,27,28)(H2,31,32,33)/t12-,13+,15-,18-/m1/s1. The van der Waals surface area contributed by atoms with E-state index >= 15 is 4.39 Å². The van der Waals surface area contributed by atoms with Crippen LogP contribution in [-0.4, -0.2) is 70.7 Å². The van der Waals surface area contributed by atoms with E-state index in [0.29, 0.717) is 0 Å². The van der Waals surface area contributed by atoms with Crippen molar-refractivity contribution in [2.75, 3.05) is 24.4 Å². The van der Waals surface area contributed by atoms with Crippen molar-refractivity contribution in [1.29, 1.82) is 0 Å². The summed E-state index contributed by atoms with van der Waals surface area (Å²) in [6.07, 6.45) is -9.83. The van der Waals surface area contributed by atoms with Crippen LogP contribution >= 0.6 is 15.2 Å². The lowest BCUT2D eigenvalue weighted by Crippen LogP contribution is -2.47. The second kappa shape index (κ2) is 11.2. The van der Waals surface area contributed by atoms with Crippen molar-refractivity contribution in [2.45, 2.75) is 31.2 Å². The number of aromatic nitrogens is 4. The molecule has 3 heterocycles. The molecule has 2 aromatic heterocycles. The van der Waals surface area contributed by atoms with Crippen molar-refractivity contribution >= 4 is 32.2 Å². The Balaban J connectivity index is 1.57. The van der Waals surface area contributed by atoms with Crippen molar-refractivity contribution in [3.63, 3.8) is 0 Å². The first-order valence-electron chi connectivity index (χ1n) is 11.2. The maximum Gasteiger partial charge on any atom is 0.451 e. The molecular weight excluding hydrogens is 576 g/mol. The van der Waals surface area contributed by atoms with Crippen LogP contribution in [0.15, 0.2) is 36.7 Å². The number of hydrogen-bond acceptors (Lipinski definition) is 9. The zero-order valence-electron chi connectivity index (χ0n) is 19.7. The van der Waals surface area contributed by atoms with Crippen LogP contribution in [0.3, 0.4) is 0 Å². The van der Waals surface area contributed by atoms with Gasteiger partial charge in [0.05, 0.1) is 25.6 Å². The Morgan fingerprint density at radius 3 is 2.49 bits per heavy atom. The van der Waals surface area contributed by atoms with Crippen LogP contribution in [0.25, 0.3) is 11.2 Å². The largest absolute Gasteiger partial charge is 0.451 e. The smallest absolute Gasteiger partial charge is 0.389 e. The number of imidazole rings is 1. The average Bonchev–Trinajstić information content (AvgIpc) is 3.26. The molecule has 1 saturated heterocycles. The van der Waals surface area contributed by atoms with Crippen LogP contribution in [0.4, 0.5) is 23.4 Å². The van der Waals surface area contributed by atoms with Gasteiger partial charge in [0.1, 0.15) is 0 Å². The van der Waals surface area contributed by atoms with Crippen molar-refractivity contribution in [2.24, 2.45) is 5.92 Å². The Hall–Kier alpha value is -2.49. The fraction of sp³-hybridized carbons (Fsp3) is 0.450. The van der Waals surface area contributed by atoms with Gasteiger partial charge in [-0.05, 0) is 5.56 Å². The van der Waals surface area contributed by atoms with Gasteiger partial charge in [-0.15, -0.1) is 0 Å². The van der Waals surface area contributed by atoms with Gasteiger partial charge in [0.15, 0.2) is 35.3 Å². The molecule has 39 heavy (non-hydrogen) atoms. The minimum Gasteiger partial charge on any atom is -0.389 e. The minimum atomic E-state index is -4.96. The highest BCUT2D eigenvalue weighted by atomic mass is 31.2. The number of halogens is 4. The van der Waals surface area contributed by atoms with Gasteiger partial charge in [-0.2, -0.15) is 13.2 Å². The fourth-order valence-corrected chi connectivity index (χ4v) is 6.46. The van der Waals surface area contributed by atoms with Crippen LogP contribution in [0.5, 0.6) is 0 Å². The van der Waals surface area contributed by atoms with Crippen molar-refractivity contribution < 1.29 is 55.7 Å². The first-order chi connectivity index (χ1) is 18.1. The number of rotatable bonds is 9. The van der Waals surface area contributed by atoms with E-state index in [1.165, 1.54) is 0 Å². The van der Waals surface area contributed by atoms with E-state index in [0.717, 1.165) is 16.5 Å². The molecule has 3 aromatic rings. The zero-order valence-corrected chi connectivity index (χ0v) is 21.5. The molecule has 19 heteroatoms. The molecule has 1 aliphatic heterocycles. The number of anilines is 1. The van der Waals surface area contributed by atoms with E-state index in [-0.39, 0.29) is 17.9 Å². The average molecular weight is 599 g/mol. The number of nitrogens with zero attached hydrogens (tertiary/aromatic N) is 4. The molecule has 1 aliphatic rings. The summed E-state index contributed by atoms with van der Waals surface area (Å²) >= 11 is 0. The number of ether oxygens (including phenoxy) is 1. The number of fused-ring (bicyclic) bond motifs is 1. The monoisotopic (exact) mass is 599 g/mol. The van der Waals surface area contributed by atoms with E-state index in [4.69, 9.17) is 14.5 Å². The third kappa shape index (κ3) is 7.18. The Morgan fingerprint density at radius 1 is 1.15 bits per heavy atom. The fourth-order valence-electron chi connectivity index (χ4n) is 3.84. The molecule has 5 N–H and O–H groups in total. The molecular formula is C20H23F4N5O8P2. The van der Waals surface area contributed by atoms with E-state index in [1.807, 2.05) is 0 Å². The van der Waals surface area contributed by atoms with Crippen LogP contribution < -0.4 is 5.32 Å². The second-order valence-electron chi connectivity index (χ2n) is 8.72. The van der Waals surface area contributed by atoms with Crippen LogP contribution in [0, 0.1) is 5.92 Å². The first kappa shape index (κ1) is 29.5. The summed E-state index contributed by atoms with van der Waals surface area (Å²) in [5, 5.41) is 13.2. The molecule has 0 amide bonds.